The molecule has 3 aromatic rings. The van der Waals surface area contributed by atoms with Crippen molar-refractivity contribution in [1.82, 2.24) is 25.4 Å². The minimum Gasteiger partial charge on any atom is -0.444 e. The maximum atomic E-state index is 5.56. The van der Waals surface area contributed by atoms with E-state index in [-0.39, 0.29) is 0 Å². The summed E-state index contributed by atoms with van der Waals surface area (Å²) in [5, 5.41) is 10.7. The first-order valence-electron chi connectivity index (χ1n) is 8.12. The first kappa shape index (κ1) is 16.8. The average Bonchev–Trinajstić information content (AvgIpc) is 3.26. The summed E-state index contributed by atoms with van der Waals surface area (Å²) in [5.41, 5.74) is 3.10. The summed E-state index contributed by atoms with van der Waals surface area (Å²) >= 11 is 0. The molecule has 130 valence electrons. The fraction of sp³-hybridized carbons (Fsp3) is 0.278. The maximum Gasteiger partial charge on any atom is 0.214 e. The molecule has 0 unspecified atom stereocenters. The number of aliphatic imine (C=N–C) groups is 1. The Morgan fingerprint density at radius 2 is 1.92 bits per heavy atom. The van der Waals surface area contributed by atoms with Gasteiger partial charge in [0.05, 0.1) is 17.9 Å². The predicted octanol–water partition coefficient (Wildman–Crippen LogP) is 2.34. The molecule has 1 aromatic carbocycles. The molecule has 25 heavy (non-hydrogen) atoms. The van der Waals surface area contributed by atoms with E-state index in [2.05, 4.69) is 37.8 Å². The molecule has 0 bridgehead atoms. The summed E-state index contributed by atoms with van der Waals surface area (Å²) in [5.74, 6) is 2.20. The van der Waals surface area contributed by atoms with E-state index in [0.717, 1.165) is 22.7 Å². The topological polar surface area (TPSA) is 80.3 Å². The summed E-state index contributed by atoms with van der Waals surface area (Å²) in [4.78, 5) is 8.57. The minimum absolute atomic E-state index is 0.493. The lowest BCUT2D eigenvalue weighted by molar-refractivity contribution is 0.463. The van der Waals surface area contributed by atoms with E-state index in [1.807, 2.05) is 42.9 Å². The lowest BCUT2D eigenvalue weighted by Crippen LogP contribution is -2.36. The molecule has 2 N–H and O–H groups in total. The van der Waals surface area contributed by atoms with Crippen LogP contribution in [-0.2, 0) is 13.1 Å². The second kappa shape index (κ2) is 7.65. The second-order valence-electron chi connectivity index (χ2n) is 5.65. The Balaban J connectivity index is 1.52. The highest BCUT2D eigenvalue weighted by molar-refractivity contribution is 5.79. The number of nitrogens with one attached hydrogen (secondary N) is 2. The number of aromatic nitrogens is 3. The van der Waals surface area contributed by atoms with Gasteiger partial charge in [0.25, 0.3) is 0 Å². The van der Waals surface area contributed by atoms with Crippen LogP contribution in [0, 0.1) is 13.8 Å². The molecule has 0 spiro atoms. The van der Waals surface area contributed by atoms with Gasteiger partial charge in [0.2, 0.25) is 5.89 Å². The van der Waals surface area contributed by atoms with Crippen LogP contribution in [0.3, 0.4) is 0 Å². The van der Waals surface area contributed by atoms with Gasteiger partial charge in [-0.25, -0.2) is 9.67 Å². The van der Waals surface area contributed by atoms with Crippen molar-refractivity contribution in [3.05, 3.63) is 65.6 Å². The van der Waals surface area contributed by atoms with Crippen molar-refractivity contribution in [2.24, 2.45) is 4.99 Å². The smallest absolute Gasteiger partial charge is 0.214 e. The molecule has 7 heteroatoms. The Labute approximate surface area is 146 Å². The van der Waals surface area contributed by atoms with Crippen LogP contribution in [0.4, 0.5) is 0 Å². The highest BCUT2D eigenvalue weighted by Crippen LogP contribution is 2.09. The lowest BCUT2D eigenvalue weighted by atomic mass is 10.2. The SMILES string of the molecule is CN=C(NCc1ccc(-n2cccn2)cc1)NCc1nc(C)c(C)o1. The third-order valence-electron chi connectivity index (χ3n) is 3.87. The second-order valence-corrected chi connectivity index (χ2v) is 5.65. The summed E-state index contributed by atoms with van der Waals surface area (Å²) in [6.45, 7) is 5.00. The number of hydrogen-bond acceptors (Lipinski definition) is 4. The third-order valence-corrected chi connectivity index (χ3v) is 3.87. The molecule has 0 amide bonds. The molecule has 7 nitrogen and oxygen atoms in total. The normalized spacial score (nSPS) is 11.6. The Bertz CT molecular complexity index is 814. The van der Waals surface area contributed by atoms with Crippen LogP contribution in [0.25, 0.3) is 5.69 Å². The number of aryl methyl sites for hydroxylation is 2. The van der Waals surface area contributed by atoms with E-state index >= 15 is 0 Å². The number of rotatable bonds is 5. The number of guanidine groups is 1. The Morgan fingerprint density at radius 1 is 1.16 bits per heavy atom. The molecular formula is C18H22N6O. The van der Waals surface area contributed by atoms with Crippen molar-refractivity contribution in [3.8, 4) is 5.69 Å². The van der Waals surface area contributed by atoms with Gasteiger partial charge in [-0.2, -0.15) is 5.10 Å². The largest absolute Gasteiger partial charge is 0.444 e. The highest BCUT2D eigenvalue weighted by Gasteiger charge is 2.06. The van der Waals surface area contributed by atoms with Crippen molar-refractivity contribution in [3.63, 3.8) is 0 Å². The summed E-state index contributed by atoms with van der Waals surface area (Å²) in [7, 11) is 1.74. The minimum atomic E-state index is 0.493. The first-order chi connectivity index (χ1) is 12.2. The van der Waals surface area contributed by atoms with Crippen LogP contribution in [-0.4, -0.2) is 27.8 Å². The van der Waals surface area contributed by atoms with Gasteiger partial charge in [0.15, 0.2) is 5.96 Å². The van der Waals surface area contributed by atoms with Crippen molar-refractivity contribution >= 4 is 5.96 Å². The van der Waals surface area contributed by atoms with Gasteiger partial charge in [-0.05, 0) is 37.6 Å². The van der Waals surface area contributed by atoms with Crippen LogP contribution < -0.4 is 10.6 Å². The molecule has 0 atom stereocenters. The summed E-state index contributed by atoms with van der Waals surface area (Å²) in [6.07, 6.45) is 3.69. The molecule has 0 aliphatic heterocycles. The number of nitrogens with zero attached hydrogens (tertiary/aromatic N) is 4. The number of benzene rings is 1. The molecule has 0 saturated heterocycles. The fourth-order valence-electron chi connectivity index (χ4n) is 2.37. The zero-order valence-corrected chi connectivity index (χ0v) is 14.7. The van der Waals surface area contributed by atoms with Crippen LogP contribution in [0.1, 0.15) is 22.9 Å². The fourth-order valence-corrected chi connectivity index (χ4v) is 2.37. The van der Waals surface area contributed by atoms with Gasteiger partial charge < -0.3 is 15.1 Å². The van der Waals surface area contributed by atoms with E-state index in [9.17, 15) is 0 Å². The van der Waals surface area contributed by atoms with Crippen molar-refractivity contribution in [2.45, 2.75) is 26.9 Å². The van der Waals surface area contributed by atoms with E-state index in [0.29, 0.717) is 24.9 Å². The zero-order chi connectivity index (χ0) is 17.6. The average molecular weight is 338 g/mol. The van der Waals surface area contributed by atoms with Crippen molar-refractivity contribution < 1.29 is 4.42 Å². The molecule has 0 radical (unpaired) electrons. The summed E-state index contributed by atoms with van der Waals surface area (Å²) < 4.78 is 7.39. The predicted molar refractivity (Wildman–Crippen MR) is 96.6 cm³/mol. The van der Waals surface area contributed by atoms with Crippen molar-refractivity contribution in [2.75, 3.05) is 7.05 Å². The first-order valence-corrected chi connectivity index (χ1v) is 8.12. The molecular weight excluding hydrogens is 316 g/mol. The third kappa shape index (κ3) is 4.26. The quantitative estimate of drug-likeness (QED) is 0.551. The Kier molecular flexibility index (Phi) is 5.13. The van der Waals surface area contributed by atoms with Gasteiger partial charge in [0.1, 0.15) is 5.76 Å². The van der Waals surface area contributed by atoms with Crippen LogP contribution in [0.15, 0.2) is 52.1 Å². The van der Waals surface area contributed by atoms with Gasteiger partial charge in [-0.15, -0.1) is 0 Å². The van der Waals surface area contributed by atoms with Crippen molar-refractivity contribution in [1.29, 1.82) is 0 Å². The Hall–Kier alpha value is -3.09. The molecule has 3 rings (SSSR count). The standard InChI is InChI=1S/C18H22N6O/c1-13-14(2)25-17(23-13)12-21-18(19-3)20-11-15-5-7-16(8-6-15)24-10-4-9-22-24/h4-10H,11-12H2,1-3H3,(H2,19,20,21). The van der Waals surface area contributed by atoms with Crippen LogP contribution >= 0.6 is 0 Å². The molecule has 2 aromatic heterocycles. The highest BCUT2D eigenvalue weighted by atomic mass is 16.4. The molecule has 0 fully saturated rings. The van der Waals surface area contributed by atoms with E-state index in [1.165, 1.54) is 0 Å². The van der Waals surface area contributed by atoms with Gasteiger partial charge in [-0.1, -0.05) is 12.1 Å². The van der Waals surface area contributed by atoms with Gasteiger partial charge in [-0.3, -0.25) is 4.99 Å². The molecule has 2 heterocycles. The summed E-state index contributed by atoms with van der Waals surface area (Å²) in [6, 6.07) is 10.1. The molecule has 0 aliphatic rings. The van der Waals surface area contributed by atoms with E-state index in [1.54, 1.807) is 13.2 Å². The number of hydrogen-bond donors (Lipinski definition) is 2. The van der Waals surface area contributed by atoms with E-state index < -0.39 is 0 Å². The van der Waals surface area contributed by atoms with E-state index in [4.69, 9.17) is 4.42 Å². The van der Waals surface area contributed by atoms with Gasteiger partial charge >= 0.3 is 0 Å². The Morgan fingerprint density at radius 3 is 2.52 bits per heavy atom. The zero-order valence-electron chi connectivity index (χ0n) is 14.7. The number of oxazole rings is 1. The van der Waals surface area contributed by atoms with Crippen LogP contribution in [0.5, 0.6) is 0 Å². The lowest BCUT2D eigenvalue weighted by Gasteiger charge is -2.11. The van der Waals surface area contributed by atoms with Crippen LogP contribution in [0.2, 0.25) is 0 Å². The molecule has 0 aliphatic carbocycles. The van der Waals surface area contributed by atoms with Gasteiger partial charge in [0, 0.05) is 26.0 Å². The maximum absolute atomic E-state index is 5.56. The molecule has 0 saturated carbocycles. The monoisotopic (exact) mass is 338 g/mol.